The van der Waals surface area contributed by atoms with Crippen LogP contribution in [0.2, 0.25) is 0 Å². The van der Waals surface area contributed by atoms with Crippen molar-refractivity contribution in [2.45, 2.75) is 49.4 Å². The van der Waals surface area contributed by atoms with Gasteiger partial charge in [0.15, 0.2) is 0 Å². The number of carbonyl (C=O) groups excluding carboxylic acids is 2. The summed E-state index contributed by atoms with van der Waals surface area (Å²) in [5.74, 6) is -0.558. The van der Waals surface area contributed by atoms with Crippen molar-refractivity contribution < 1.29 is 31.2 Å². The van der Waals surface area contributed by atoms with E-state index in [9.17, 15) is 26.4 Å². The number of carbonyl (C=O) groups is 2. The molecule has 0 radical (unpaired) electrons. The summed E-state index contributed by atoms with van der Waals surface area (Å²) >= 11 is 0. The van der Waals surface area contributed by atoms with Crippen molar-refractivity contribution in [3.05, 3.63) is 54.1 Å². The highest BCUT2D eigenvalue weighted by atomic mass is 32.2. The number of piperazine rings is 1. The highest BCUT2D eigenvalue weighted by Crippen LogP contribution is 2.25. The molecular weight excluding hydrogens is 580 g/mol. The monoisotopic (exact) mass is 620 g/mol. The van der Waals surface area contributed by atoms with Gasteiger partial charge < -0.3 is 15.0 Å². The highest BCUT2D eigenvalue weighted by molar-refractivity contribution is 7.89. The average molecular weight is 621 g/mol. The smallest absolute Gasteiger partial charge is 0.245 e. The van der Waals surface area contributed by atoms with Crippen LogP contribution >= 0.6 is 0 Å². The Kier molecular flexibility index (Phi) is 9.96. The number of piperidine rings is 1. The molecule has 2 aliphatic rings. The Bertz CT molecular complexity index is 1460. The Hall–Kier alpha value is -3.00. The lowest BCUT2D eigenvalue weighted by atomic mass is 9.95. The number of amides is 2. The first kappa shape index (κ1) is 31.9. The number of ether oxygens (including phenoxy) is 1. The van der Waals surface area contributed by atoms with Crippen molar-refractivity contribution in [1.29, 1.82) is 0 Å². The molecular formula is C29H40N4O7S2. The average Bonchev–Trinajstić information content (AvgIpc) is 2.99. The third-order valence-corrected chi connectivity index (χ3v) is 11.8. The highest BCUT2D eigenvalue weighted by Gasteiger charge is 2.37. The minimum Gasteiger partial charge on any atom is -0.497 e. The maximum atomic E-state index is 13.5. The zero-order valence-electron chi connectivity index (χ0n) is 24.5. The quantitative estimate of drug-likeness (QED) is 0.454. The predicted octanol–water partition coefficient (Wildman–Crippen LogP) is 2.08. The Morgan fingerprint density at radius 3 is 1.74 bits per heavy atom. The molecule has 13 heteroatoms. The van der Waals surface area contributed by atoms with Gasteiger partial charge in [0.1, 0.15) is 11.8 Å². The normalized spacial score (nSPS) is 18.5. The molecule has 11 nitrogen and oxygen atoms in total. The minimum absolute atomic E-state index is 0.146. The van der Waals surface area contributed by atoms with Crippen LogP contribution < -0.4 is 10.1 Å². The molecule has 2 heterocycles. The summed E-state index contributed by atoms with van der Waals surface area (Å²) in [6, 6.07) is 12.1. The maximum Gasteiger partial charge on any atom is 0.245 e. The number of hydrogen-bond acceptors (Lipinski definition) is 7. The molecule has 42 heavy (non-hydrogen) atoms. The van der Waals surface area contributed by atoms with Crippen molar-refractivity contribution in [3.63, 3.8) is 0 Å². The van der Waals surface area contributed by atoms with Crippen LogP contribution in [0.1, 0.15) is 32.3 Å². The zero-order chi connectivity index (χ0) is 30.7. The topological polar surface area (TPSA) is 133 Å². The summed E-state index contributed by atoms with van der Waals surface area (Å²) in [4.78, 5) is 28.7. The molecule has 1 atom stereocenters. The molecule has 2 aromatic carbocycles. The summed E-state index contributed by atoms with van der Waals surface area (Å²) in [6.45, 7) is 6.75. The van der Waals surface area contributed by atoms with Gasteiger partial charge in [-0.05, 0) is 62.1 Å². The maximum absolute atomic E-state index is 13.5. The van der Waals surface area contributed by atoms with E-state index < -0.39 is 32.0 Å². The summed E-state index contributed by atoms with van der Waals surface area (Å²) in [7, 11) is -5.85. The molecule has 2 aromatic rings. The van der Waals surface area contributed by atoms with E-state index in [-0.39, 0.29) is 66.8 Å². The van der Waals surface area contributed by atoms with Gasteiger partial charge in [0.25, 0.3) is 0 Å². The summed E-state index contributed by atoms with van der Waals surface area (Å²) in [5, 5.41) is 2.91. The second-order valence-corrected chi connectivity index (χ2v) is 15.0. The number of nitrogens with zero attached hydrogens (tertiary/aromatic N) is 3. The Labute approximate surface area is 248 Å². The molecule has 0 saturated carbocycles. The van der Waals surface area contributed by atoms with Gasteiger partial charge in [-0.1, -0.05) is 31.5 Å². The Balaban J connectivity index is 1.32. The lowest BCUT2D eigenvalue weighted by Crippen LogP contribution is -2.58. The predicted molar refractivity (Wildman–Crippen MR) is 158 cm³/mol. The SMILES string of the molecule is COc1ccc(S(=O)(=O)N2CCN(C(=O)[C@@H](NC(=O)C3CCN(S(=O)(=O)c4ccc(C)cc4)CC3)C(C)C)CC2)cc1. The van der Waals surface area contributed by atoms with Gasteiger partial charge in [0.2, 0.25) is 31.9 Å². The molecule has 2 amide bonds. The van der Waals surface area contributed by atoms with Crippen LogP contribution in [0.25, 0.3) is 0 Å². The van der Waals surface area contributed by atoms with Crippen molar-refractivity contribution in [1.82, 2.24) is 18.8 Å². The molecule has 230 valence electrons. The number of hydrogen-bond donors (Lipinski definition) is 1. The van der Waals surface area contributed by atoms with E-state index in [0.717, 1.165) is 5.56 Å². The number of rotatable bonds is 9. The summed E-state index contributed by atoms with van der Waals surface area (Å²) < 4.78 is 60.1. The Morgan fingerprint density at radius 1 is 0.786 bits per heavy atom. The van der Waals surface area contributed by atoms with Crippen molar-refractivity contribution in [2.75, 3.05) is 46.4 Å². The van der Waals surface area contributed by atoms with E-state index in [0.29, 0.717) is 18.6 Å². The molecule has 0 aliphatic carbocycles. The van der Waals surface area contributed by atoms with Crippen LogP contribution in [-0.2, 0) is 29.6 Å². The van der Waals surface area contributed by atoms with E-state index in [1.54, 1.807) is 41.3 Å². The van der Waals surface area contributed by atoms with Crippen LogP contribution in [0.5, 0.6) is 5.75 Å². The molecule has 0 bridgehead atoms. The molecule has 2 aliphatic heterocycles. The van der Waals surface area contributed by atoms with Gasteiger partial charge in [0, 0.05) is 45.2 Å². The molecule has 4 rings (SSSR count). The lowest BCUT2D eigenvalue weighted by molar-refractivity contribution is -0.140. The molecule has 2 saturated heterocycles. The van der Waals surface area contributed by atoms with E-state index in [4.69, 9.17) is 4.74 Å². The number of methoxy groups -OCH3 is 1. The van der Waals surface area contributed by atoms with E-state index >= 15 is 0 Å². The standard InChI is InChI=1S/C29H40N4O7S2/c1-21(2)27(29(35)31-17-19-33(20-18-31)42(38,39)26-11-7-24(40-4)8-12-26)30-28(34)23-13-15-32(16-14-23)41(36,37)25-9-5-22(3)6-10-25/h5-12,21,23,27H,13-20H2,1-4H3,(H,30,34)/t27-/m0/s1. The van der Waals surface area contributed by atoms with Crippen molar-refractivity contribution in [3.8, 4) is 5.75 Å². The third-order valence-electron chi connectivity index (χ3n) is 7.96. The second kappa shape index (κ2) is 13.1. The molecule has 0 unspecified atom stereocenters. The summed E-state index contributed by atoms with van der Waals surface area (Å²) in [5.41, 5.74) is 0.971. The van der Waals surface area contributed by atoms with Crippen LogP contribution in [-0.4, -0.2) is 94.6 Å². The van der Waals surface area contributed by atoms with Gasteiger partial charge in [-0.3, -0.25) is 9.59 Å². The number of benzene rings is 2. The summed E-state index contributed by atoms with van der Waals surface area (Å²) in [6.07, 6.45) is 0.718. The molecule has 0 aromatic heterocycles. The van der Waals surface area contributed by atoms with Gasteiger partial charge >= 0.3 is 0 Å². The van der Waals surface area contributed by atoms with Gasteiger partial charge in [0.05, 0.1) is 16.9 Å². The van der Waals surface area contributed by atoms with Crippen LogP contribution in [0, 0.1) is 18.8 Å². The van der Waals surface area contributed by atoms with E-state index in [2.05, 4.69) is 5.32 Å². The largest absolute Gasteiger partial charge is 0.497 e. The van der Waals surface area contributed by atoms with Crippen LogP contribution in [0.15, 0.2) is 58.3 Å². The first-order chi connectivity index (χ1) is 19.8. The first-order valence-electron chi connectivity index (χ1n) is 14.1. The lowest BCUT2D eigenvalue weighted by Gasteiger charge is -2.37. The van der Waals surface area contributed by atoms with E-state index in [1.807, 2.05) is 20.8 Å². The minimum atomic E-state index is -3.72. The first-order valence-corrected chi connectivity index (χ1v) is 17.0. The van der Waals surface area contributed by atoms with Crippen molar-refractivity contribution in [2.24, 2.45) is 11.8 Å². The zero-order valence-corrected chi connectivity index (χ0v) is 26.2. The molecule has 0 spiro atoms. The molecule has 2 fully saturated rings. The number of aryl methyl sites for hydroxylation is 1. The third kappa shape index (κ3) is 6.96. The van der Waals surface area contributed by atoms with E-state index in [1.165, 1.54) is 27.9 Å². The number of sulfonamides is 2. The second-order valence-electron chi connectivity index (χ2n) is 11.1. The van der Waals surface area contributed by atoms with Crippen molar-refractivity contribution >= 4 is 31.9 Å². The Morgan fingerprint density at radius 2 is 1.26 bits per heavy atom. The van der Waals surface area contributed by atoms with Gasteiger partial charge in [-0.15, -0.1) is 0 Å². The van der Waals surface area contributed by atoms with Crippen LogP contribution in [0.3, 0.4) is 0 Å². The van der Waals surface area contributed by atoms with Gasteiger partial charge in [-0.2, -0.15) is 8.61 Å². The fourth-order valence-electron chi connectivity index (χ4n) is 5.24. The molecule has 1 N–H and O–H groups in total. The number of nitrogens with one attached hydrogen (secondary N) is 1. The fraction of sp³-hybridized carbons (Fsp3) is 0.517. The fourth-order valence-corrected chi connectivity index (χ4v) is 8.14. The van der Waals surface area contributed by atoms with Gasteiger partial charge in [-0.25, -0.2) is 16.8 Å². The van der Waals surface area contributed by atoms with Crippen LogP contribution in [0.4, 0.5) is 0 Å².